The maximum absolute atomic E-state index is 13.4. The van der Waals surface area contributed by atoms with Gasteiger partial charge < -0.3 is 79.1 Å². The summed E-state index contributed by atoms with van der Waals surface area (Å²) < 4.78 is 38.6. The third kappa shape index (κ3) is 9.09. The van der Waals surface area contributed by atoms with Crippen LogP contribution in [0.1, 0.15) is 33.6 Å². The Bertz CT molecular complexity index is 1220. The van der Waals surface area contributed by atoms with E-state index in [2.05, 4.69) is 0 Å². The molecule has 1 aliphatic carbocycles. The van der Waals surface area contributed by atoms with Gasteiger partial charge in [-0.25, -0.2) is 4.79 Å². The third-order valence-corrected chi connectivity index (χ3v) is 10.5. The van der Waals surface area contributed by atoms with E-state index in [9.17, 15) is 55.5 Å². The first-order valence-electron chi connectivity index (χ1n) is 17.0. The number of aliphatic hydroxyl groups is 9. The molecular formula is C33H52O18. The highest BCUT2D eigenvalue weighted by Gasteiger charge is 2.48. The number of hydrogen-bond acceptors (Lipinski definition) is 18. The van der Waals surface area contributed by atoms with Crippen molar-refractivity contribution in [3.05, 3.63) is 23.5 Å². The minimum atomic E-state index is -1.74. The van der Waals surface area contributed by atoms with Gasteiger partial charge in [0.25, 0.3) is 0 Å². The van der Waals surface area contributed by atoms with Crippen LogP contribution in [0.2, 0.25) is 0 Å². The van der Waals surface area contributed by atoms with E-state index in [1.807, 2.05) is 13.8 Å². The molecule has 292 valence electrons. The molecule has 0 bridgehead atoms. The maximum Gasteiger partial charge on any atom is 0.337 e. The second-order valence-electron chi connectivity index (χ2n) is 13.6. The SMILES string of the molecule is C/C=C1/[C@H](O[C@@H]2O[C@H](CO)[C@@H](O)[C@H](O)[C@H]2O)OC=C(C(=O)OC)[C@H]1CC(=O)OC[C@@H]1[C@@H](C)[C@@H](O)C[C@H]1[C@H](C)CO[C@@H]1O[C@H](CO)[C@@H](O)[C@H](O)[C@H]1O. The number of hydrogen-bond donors (Lipinski definition) is 9. The molecule has 4 aliphatic rings. The Labute approximate surface area is 294 Å². The number of ether oxygens (including phenoxy) is 7. The summed E-state index contributed by atoms with van der Waals surface area (Å²) >= 11 is 0. The number of aliphatic hydroxyl groups excluding tert-OH is 9. The summed E-state index contributed by atoms with van der Waals surface area (Å²) in [6.07, 6.45) is -14.5. The monoisotopic (exact) mass is 736 g/mol. The fourth-order valence-corrected chi connectivity index (χ4v) is 7.19. The smallest absolute Gasteiger partial charge is 0.337 e. The summed E-state index contributed by atoms with van der Waals surface area (Å²) in [6, 6.07) is 0. The van der Waals surface area contributed by atoms with Gasteiger partial charge in [-0.05, 0) is 31.1 Å². The van der Waals surface area contributed by atoms with Crippen molar-refractivity contribution < 1.29 is 88.7 Å². The van der Waals surface area contributed by atoms with Crippen molar-refractivity contribution >= 4 is 11.9 Å². The predicted molar refractivity (Wildman–Crippen MR) is 168 cm³/mol. The van der Waals surface area contributed by atoms with E-state index in [1.54, 1.807) is 6.92 Å². The van der Waals surface area contributed by atoms with Crippen LogP contribution in [0.3, 0.4) is 0 Å². The molecule has 3 fully saturated rings. The fourth-order valence-electron chi connectivity index (χ4n) is 7.19. The van der Waals surface area contributed by atoms with Gasteiger partial charge in [-0.2, -0.15) is 0 Å². The van der Waals surface area contributed by atoms with Gasteiger partial charge >= 0.3 is 11.9 Å². The number of carbonyl (C=O) groups is 2. The highest BCUT2D eigenvalue weighted by molar-refractivity contribution is 5.90. The van der Waals surface area contributed by atoms with Crippen LogP contribution in [0, 0.1) is 29.6 Å². The number of allylic oxidation sites excluding steroid dienone is 1. The van der Waals surface area contributed by atoms with Crippen molar-refractivity contribution in [1.29, 1.82) is 0 Å². The van der Waals surface area contributed by atoms with Crippen LogP contribution in [0.15, 0.2) is 23.5 Å². The van der Waals surface area contributed by atoms with Gasteiger partial charge in [0.1, 0.15) is 48.8 Å². The maximum atomic E-state index is 13.4. The molecule has 4 rings (SSSR count). The molecule has 51 heavy (non-hydrogen) atoms. The van der Waals surface area contributed by atoms with Crippen molar-refractivity contribution in [2.24, 2.45) is 29.6 Å². The average molecular weight is 737 g/mol. The van der Waals surface area contributed by atoms with Gasteiger partial charge in [-0.3, -0.25) is 4.79 Å². The summed E-state index contributed by atoms with van der Waals surface area (Å²) in [6.45, 7) is 3.89. The van der Waals surface area contributed by atoms with Gasteiger partial charge in [0, 0.05) is 17.4 Å². The molecule has 3 aliphatic heterocycles. The zero-order valence-corrected chi connectivity index (χ0v) is 28.9. The zero-order valence-electron chi connectivity index (χ0n) is 28.9. The van der Waals surface area contributed by atoms with Crippen LogP contribution in [-0.2, 0) is 42.7 Å². The molecular weight excluding hydrogens is 684 g/mol. The van der Waals surface area contributed by atoms with Gasteiger partial charge in [-0.1, -0.05) is 19.9 Å². The minimum Gasteiger partial charge on any atom is -0.468 e. The second-order valence-corrected chi connectivity index (χ2v) is 13.6. The highest BCUT2D eigenvalue weighted by Crippen LogP contribution is 2.42. The lowest BCUT2D eigenvalue weighted by molar-refractivity contribution is -0.327. The topological polar surface area (TPSA) is 281 Å². The molecule has 0 aromatic heterocycles. The third-order valence-electron chi connectivity index (χ3n) is 10.5. The predicted octanol–water partition coefficient (Wildman–Crippen LogP) is -3.20. The summed E-state index contributed by atoms with van der Waals surface area (Å²) in [4.78, 5) is 26.1. The van der Waals surface area contributed by atoms with Crippen molar-refractivity contribution in [2.75, 3.05) is 33.5 Å². The minimum absolute atomic E-state index is 0.00703. The van der Waals surface area contributed by atoms with Crippen LogP contribution in [-0.4, -0.2) is 165 Å². The molecule has 1 saturated carbocycles. The molecule has 0 amide bonds. The Morgan fingerprint density at radius 2 is 1.51 bits per heavy atom. The van der Waals surface area contributed by atoms with E-state index < -0.39 is 105 Å². The summed E-state index contributed by atoms with van der Waals surface area (Å²) in [5.74, 6) is -3.57. The van der Waals surface area contributed by atoms with Gasteiger partial charge in [-0.15, -0.1) is 0 Å². The Kier molecular flexibility index (Phi) is 14.8. The lowest BCUT2D eigenvalue weighted by Crippen LogP contribution is -2.60. The van der Waals surface area contributed by atoms with Crippen LogP contribution in [0.5, 0.6) is 0 Å². The number of carbonyl (C=O) groups excluding carboxylic acids is 2. The molecule has 0 aromatic carbocycles. The molecule has 3 heterocycles. The lowest BCUT2D eigenvalue weighted by atomic mass is 9.83. The lowest BCUT2D eigenvalue weighted by Gasteiger charge is -2.42. The molecule has 0 radical (unpaired) electrons. The Balaban J connectivity index is 1.41. The highest BCUT2D eigenvalue weighted by atomic mass is 16.8. The van der Waals surface area contributed by atoms with Crippen LogP contribution in [0.4, 0.5) is 0 Å². The Hall–Kier alpha value is -2.30. The first-order valence-corrected chi connectivity index (χ1v) is 17.0. The van der Waals surface area contributed by atoms with Crippen LogP contribution < -0.4 is 0 Å². The first kappa shape index (κ1) is 41.5. The fraction of sp³-hybridized carbons (Fsp3) is 0.818. The number of methoxy groups -OCH3 is 1. The number of rotatable bonds is 13. The van der Waals surface area contributed by atoms with Crippen LogP contribution in [0.25, 0.3) is 0 Å². The standard InChI is InChI=1S/C33H52O18/c1-5-15-17(19(30(44)45-4)12-48-31(15)51-33-29(43)27(41)25(39)22(9-35)50-33)7-23(37)46-11-18-14(3)20(36)6-16(18)13(2)10-47-32-28(42)26(40)24(38)21(8-34)49-32/h5,12-14,16-18,20-22,24-29,31-36,38-43H,6-11H2,1-4H3/b15-5+/t13-,14-,16+,17+,18-,20+,21-,22-,24-,25-,26+,27+,28-,29-,31+,32-,33+/m1/s1. The zero-order chi connectivity index (χ0) is 37.7. The molecule has 2 saturated heterocycles. The van der Waals surface area contributed by atoms with Crippen molar-refractivity contribution in [3.8, 4) is 0 Å². The van der Waals surface area contributed by atoms with E-state index in [-0.39, 0.29) is 54.5 Å². The van der Waals surface area contributed by atoms with E-state index in [0.29, 0.717) is 6.42 Å². The largest absolute Gasteiger partial charge is 0.468 e. The quantitative estimate of drug-likeness (QED) is 0.0665. The van der Waals surface area contributed by atoms with E-state index in [0.717, 1.165) is 13.4 Å². The summed E-state index contributed by atoms with van der Waals surface area (Å²) in [7, 11) is 1.15. The average Bonchev–Trinajstić information content (AvgIpc) is 3.41. The van der Waals surface area contributed by atoms with Crippen molar-refractivity contribution in [3.63, 3.8) is 0 Å². The molecule has 9 N–H and O–H groups in total. The Morgan fingerprint density at radius 3 is 2.08 bits per heavy atom. The summed E-state index contributed by atoms with van der Waals surface area (Å²) in [5, 5.41) is 91.0. The van der Waals surface area contributed by atoms with Crippen molar-refractivity contribution in [1.82, 2.24) is 0 Å². The molecule has 0 spiro atoms. The molecule has 18 nitrogen and oxygen atoms in total. The van der Waals surface area contributed by atoms with E-state index >= 15 is 0 Å². The molecule has 0 unspecified atom stereocenters. The van der Waals surface area contributed by atoms with E-state index in [1.165, 1.54) is 6.08 Å². The van der Waals surface area contributed by atoms with Gasteiger partial charge in [0.05, 0.1) is 57.9 Å². The van der Waals surface area contributed by atoms with Crippen molar-refractivity contribution in [2.45, 2.75) is 107 Å². The second kappa shape index (κ2) is 18.2. The molecule has 0 aromatic rings. The molecule has 17 atom stereocenters. The number of esters is 2. The summed E-state index contributed by atoms with van der Waals surface area (Å²) in [5.41, 5.74) is 0.228. The Morgan fingerprint density at radius 1 is 0.922 bits per heavy atom. The first-order chi connectivity index (χ1) is 24.2. The van der Waals surface area contributed by atoms with Gasteiger partial charge in [0.2, 0.25) is 6.29 Å². The van der Waals surface area contributed by atoms with E-state index in [4.69, 9.17) is 33.2 Å². The van der Waals surface area contributed by atoms with Gasteiger partial charge in [0.15, 0.2) is 12.6 Å². The normalized spacial score (nSPS) is 42.9. The molecule has 18 heteroatoms. The van der Waals surface area contributed by atoms with Crippen LogP contribution >= 0.6 is 0 Å².